The van der Waals surface area contributed by atoms with Crippen molar-refractivity contribution in [1.82, 2.24) is 24.3 Å². The Labute approximate surface area is 162 Å². The van der Waals surface area contributed by atoms with Crippen LogP contribution in [0.5, 0.6) is 5.88 Å². The molecule has 0 spiro atoms. The van der Waals surface area contributed by atoms with Crippen LogP contribution in [0, 0.1) is 0 Å². The van der Waals surface area contributed by atoms with Gasteiger partial charge in [0.1, 0.15) is 17.4 Å². The fourth-order valence-electron chi connectivity index (χ4n) is 3.51. The third-order valence-corrected chi connectivity index (χ3v) is 4.89. The van der Waals surface area contributed by atoms with Crippen LogP contribution in [-0.4, -0.2) is 43.6 Å². The van der Waals surface area contributed by atoms with E-state index in [0.717, 1.165) is 35.6 Å². The van der Waals surface area contributed by atoms with Gasteiger partial charge in [-0.3, -0.25) is 4.68 Å². The predicted molar refractivity (Wildman–Crippen MR) is 105 cm³/mol. The second kappa shape index (κ2) is 7.09. The summed E-state index contributed by atoms with van der Waals surface area (Å²) in [7, 11) is 1.90. The van der Waals surface area contributed by atoms with E-state index in [4.69, 9.17) is 19.4 Å². The zero-order valence-electron chi connectivity index (χ0n) is 15.7. The number of rotatable bonds is 5. The van der Waals surface area contributed by atoms with E-state index >= 15 is 0 Å². The maximum Gasteiger partial charge on any atom is 0.242 e. The van der Waals surface area contributed by atoms with Gasteiger partial charge >= 0.3 is 0 Å². The molecule has 1 saturated heterocycles. The number of fused-ring (bicyclic) bond motifs is 1. The number of hydrogen-bond acceptors (Lipinski definition) is 5. The molecule has 5 rings (SSSR count). The summed E-state index contributed by atoms with van der Waals surface area (Å²) >= 11 is 0. The molecule has 7 nitrogen and oxygen atoms in total. The largest absolute Gasteiger partial charge is 0.470 e. The Kier molecular flexibility index (Phi) is 4.29. The highest BCUT2D eigenvalue weighted by Gasteiger charge is 2.22. The van der Waals surface area contributed by atoms with Gasteiger partial charge in [-0.1, -0.05) is 30.3 Å². The minimum Gasteiger partial charge on any atom is -0.470 e. The summed E-state index contributed by atoms with van der Waals surface area (Å²) in [6.07, 6.45) is 7.31. The molecule has 0 N–H and O–H groups in total. The van der Waals surface area contributed by atoms with E-state index < -0.39 is 0 Å². The lowest BCUT2D eigenvalue weighted by molar-refractivity contribution is 0.139. The summed E-state index contributed by atoms with van der Waals surface area (Å²) in [5.74, 6) is 1.34. The smallest absolute Gasteiger partial charge is 0.242 e. The van der Waals surface area contributed by atoms with Crippen LogP contribution in [0.15, 0.2) is 55.0 Å². The van der Waals surface area contributed by atoms with Gasteiger partial charge in [-0.25, -0.2) is 4.98 Å². The average molecular weight is 375 g/mol. The third kappa shape index (κ3) is 3.25. The fourth-order valence-corrected chi connectivity index (χ4v) is 3.51. The van der Waals surface area contributed by atoms with Crippen LogP contribution in [0.1, 0.15) is 17.8 Å². The molecule has 3 aromatic heterocycles. The first-order valence-electron chi connectivity index (χ1n) is 9.41. The van der Waals surface area contributed by atoms with Crippen LogP contribution in [0.2, 0.25) is 0 Å². The Morgan fingerprint density at radius 3 is 2.82 bits per heavy atom. The molecule has 28 heavy (non-hydrogen) atoms. The highest BCUT2D eigenvalue weighted by atomic mass is 16.5. The minimum absolute atomic E-state index is 0.0138. The van der Waals surface area contributed by atoms with E-state index in [1.807, 2.05) is 54.5 Å². The Bertz CT molecular complexity index is 1100. The number of ether oxygens (including phenoxy) is 2. The minimum atomic E-state index is 0.0138. The van der Waals surface area contributed by atoms with Crippen molar-refractivity contribution in [2.24, 2.45) is 7.05 Å². The number of aryl methyl sites for hydroxylation is 1. The molecule has 0 aliphatic carbocycles. The maximum atomic E-state index is 6.27. The van der Waals surface area contributed by atoms with E-state index in [0.29, 0.717) is 18.9 Å². The average Bonchev–Trinajstić information content (AvgIpc) is 3.43. The molecule has 0 radical (unpaired) electrons. The summed E-state index contributed by atoms with van der Waals surface area (Å²) in [6.45, 7) is 1.31. The topological polar surface area (TPSA) is 67.0 Å². The molecule has 1 atom stereocenters. The molecule has 1 aliphatic rings. The Morgan fingerprint density at radius 2 is 2.07 bits per heavy atom. The molecule has 0 saturated carbocycles. The van der Waals surface area contributed by atoms with Crippen molar-refractivity contribution >= 4 is 11.0 Å². The summed E-state index contributed by atoms with van der Waals surface area (Å²) in [4.78, 5) is 9.58. The summed E-state index contributed by atoms with van der Waals surface area (Å²) < 4.78 is 15.6. The molecular formula is C21H21N5O2. The lowest BCUT2D eigenvalue weighted by Crippen LogP contribution is -2.18. The normalized spacial score (nSPS) is 16.7. The van der Waals surface area contributed by atoms with Gasteiger partial charge in [0.2, 0.25) is 5.88 Å². The van der Waals surface area contributed by atoms with Crippen molar-refractivity contribution in [3.8, 4) is 11.6 Å². The second-order valence-corrected chi connectivity index (χ2v) is 7.00. The van der Waals surface area contributed by atoms with E-state index in [2.05, 4.69) is 17.2 Å². The number of benzene rings is 1. The van der Waals surface area contributed by atoms with Gasteiger partial charge in [-0.05, 0) is 11.6 Å². The molecule has 7 heteroatoms. The Morgan fingerprint density at radius 1 is 1.18 bits per heavy atom. The van der Waals surface area contributed by atoms with Crippen molar-refractivity contribution in [2.75, 3.05) is 13.2 Å². The van der Waals surface area contributed by atoms with Gasteiger partial charge in [0.15, 0.2) is 0 Å². The van der Waals surface area contributed by atoms with Crippen LogP contribution in [-0.2, 0) is 18.2 Å². The summed E-state index contributed by atoms with van der Waals surface area (Å²) in [6, 6.07) is 12.2. The maximum absolute atomic E-state index is 6.27. The first-order valence-corrected chi connectivity index (χ1v) is 9.41. The lowest BCUT2D eigenvalue weighted by atomic mass is 10.1. The summed E-state index contributed by atoms with van der Waals surface area (Å²) in [5, 5.41) is 4.28. The number of nitrogens with zero attached hydrogens (tertiary/aromatic N) is 5. The fraction of sp³-hybridized carbons (Fsp3) is 0.286. The van der Waals surface area contributed by atoms with Gasteiger partial charge in [-0.15, -0.1) is 0 Å². The lowest BCUT2D eigenvalue weighted by Gasteiger charge is -2.14. The zero-order valence-corrected chi connectivity index (χ0v) is 15.7. The highest BCUT2D eigenvalue weighted by Crippen LogP contribution is 2.29. The van der Waals surface area contributed by atoms with Crippen molar-refractivity contribution in [1.29, 1.82) is 0 Å². The monoisotopic (exact) mass is 375 g/mol. The molecule has 142 valence electrons. The highest BCUT2D eigenvalue weighted by molar-refractivity contribution is 5.82. The van der Waals surface area contributed by atoms with Crippen molar-refractivity contribution < 1.29 is 9.47 Å². The second-order valence-electron chi connectivity index (χ2n) is 7.00. The molecule has 1 fully saturated rings. The predicted octanol–water partition coefficient (Wildman–Crippen LogP) is 2.91. The quantitative estimate of drug-likeness (QED) is 0.537. The van der Waals surface area contributed by atoms with E-state index in [9.17, 15) is 0 Å². The first-order chi connectivity index (χ1) is 13.8. The molecule has 1 aromatic carbocycles. The SMILES string of the molecule is Cn1cc(-n2ccc3nc(Cc4ccccc4)nc(O[C@H]4CCOC4)c32)cn1. The first kappa shape index (κ1) is 16.9. The molecule has 4 aromatic rings. The van der Waals surface area contributed by atoms with Crippen LogP contribution in [0.4, 0.5) is 0 Å². The van der Waals surface area contributed by atoms with Crippen LogP contribution in [0.3, 0.4) is 0 Å². The Balaban J connectivity index is 1.60. The van der Waals surface area contributed by atoms with Gasteiger partial charge in [0.25, 0.3) is 0 Å². The Hall–Kier alpha value is -3.19. The van der Waals surface area contributed by atoms with Crippen LogP contribution < -0.4 is 4.74 Å². The van der Waals surface area contributed by atoms with Gasteiger partial charge in [-0.2, -0.15) is 10.1 Å². The van der Waals surface area contributed by atoms with Gasteiger partial charge in [0.05, 0.1) is 30.6 Å². The van der Waals surface area contributed by atoms with Crippen molar-refractivity contribution in [2.45, 2.75) is 18.9 Å². The zero-order chi connectivity index (χ0) is 18.9. The standard InChI is InChI=1S/C21H21N5O2/c1-25-13-16(12-22-25)26-9-7-18-20(26)21(28-17-8-10-27-14-17)24-19(23-18)11-15-5-3-2-4-6-15/h2-7,9,12-13,17H,8,10-11,14H2,1H3/t17-/m0/s1. The van der Waals surface area contributed by atoms with E-state index in [-0.39, 0.29) is 6.10 Å². The number of hydrogen-bond donors (Lipinski definition) is 0. The van der Waals surface area contributed by atoms with Gasteiger partial charge < -0.3 is 14.0 Å². The molecular weight excluding hydrogens is 354 g/mol. The van der Waals surface area contributed by atoms with Crippen molar-refractivity contribution in [3.63, 3.8) is 0 Å². The molecule has 0 bridgehead atoms. The van der Waals surface area contributed by atoms with Gasteiger partial charge in [0, 0.05) is 32.3 Å². The molecule has 4 heterocycles. The van der Waals surface area contributed by atoms with E-state index in [1.54, 1.807) is 4.68 Å². The van der Waals surface area contributed by atoms with E-state index in [1.165, 1.54) is 5.56 Å². The molecule has 1 aliphatic heterocycles. The summed E-state index contributed by atoms with van der Waals surface area (Å²) in [5.41, 5.74) is 3.84. The van der Waals surface area contributed by atoms with Crippen LogP contribution >= 0.6 is 0 Å². The molecule has 0 unspecified atom stereocenters. The van der Waals surface area contributed by atoms with Crippen LogP contribution in [0.25, 0.3) is 16.7 Å². The van der Waals surface area contributed by atoms with Crippen molar-refractivity contribution in [3.05, 3.63) is 66.4 Å². The number of aromatic nitrogens is 5. The third-order valence-electron chi connectivity index (χ3n) is 4.89. The molecule has 0 amide bonds.